The van der Waals surface area contributed by atoms with Crippen LogP contribution in [-0.2, 0) is 15.1 Å². The van der Waals surface area contributed by atoms with Crippen LogP contribution in [-0.4, -0.2) is 46.2 Å². The second-order valence-electron chi connectivity index (χ2n) is 7.49. The number of amides is 1. The van der Waals surface area contributed by atoms with Crippen LogP contribution in [0.2, 0.25) is 0 Å². The molecule has 1 aromatic heterocycles. The molecule has 0 spiro atoms. The monoisotopic (exact) mass is 474 g/mol. The summed E-state index contributed by atoms with van der Waals surface area (Å²) in [4.78, 5) is 28.2. The van der Waals surface area contributed by atoms with E-state index >= 15 is 0 Å². The molecule has 3 N–H and O–H groups in total. The largest absolute Gasteiger partial charge is 0.490 e. The predicted octanol–water partition coefficient (Wildman–Crippen LogP) is 3.62. The Morgan fingerprint density at radius 3 is 2.15 bits per heavy atom. The summed E-state index contributed by atoms with van der Waals surface area (Å²) in [6, 6.07) is 17.3. The molecule has 0 saturated carbocycles. The molecule has 1 amide bonds. The average molecular weight is 474 g/mol. The van der Waals surface area contributed by atoms with Gasteiger partial charge in [0.1, 0.15) is 5.76 Å². The second-order valence-corrected chi connectivity index (χ2v) is 7.49. The highest BCUT2D eigenvalue weighted by atomic mass is 19.4. The maximum atomic E-state index is 13.3. The van der Waals surface area contributed by atoms with E-state index in [0.29, 0.717) is 0 Å². The lowest BCUT2D eigenvalue weighted by Gasteiger charge is -2.26. The number of likely N-dealkylation sites (N-methyl/N-ethyl adjacent to an activating group) is 1. The summed E-state index contributed by atoms with van der Waals surface area (Å²) in [5, 5.41) is 11.2. The summed E-state index contributed by atoms with van der Waals surface area (Å²) < 4.78 is 37.0. The van der Waals surface area contributed by atoms with Gasteiger partial charge in [0.15, 0.2) is 11.5 Å². The number of halogens is 3. The lowest BCUT2D eigenvalue weighted by Crippen LogP contribution is -2.41. The molecule has 0 aliphatic carbocycles. The maximum Gasteiger partial charge on any atom is 0.490 e. The summed E-state index contributed by atoms with van der Waals surface area (Å²) >= 11 is 0. The molecular formula is C23H21F3N4O4. The number of benzene rings is 2. The standard InChI is InChI=1S/C21H20N4O2.C2HF3O2/c1-13-18(14(2)27-24-13)15-8-7-11-17(12-15)21(16-9-5-4-6-10-16)19(26)25(3)20(22)23-21;3-2(4,5)1(6)7/h4-12H,1-3H3,(H2,22,23);(H,6,7). The number of nitrogens with zero attached hydrogens (tertiary/aromatic N) is 3. The third-order valence-corrected chi connectivity index (χ3v) is 5.28. The van der Waals surface area contributed by atoms with Crippen LogP contribution < -0.4 is 5.73 Å². The van der Waals surface area contributed by atoms with Crippen molar-refractivity contribution >= 4 is 17.8 Å². The van der Waals surface area contributed by atoms with Crippen molar-refractivity contribution < 1.29 is 32.4 Å². The van der Waals surface area contributed by atoms with Crippen LogP contribution in [0, 0.1) is 13.8 Å². The molecule has 178 valence electrons. The number of aliphatic imine (C=N–C) groups is 1. The molecule has 0 fully saturated rings. The normalized spacial score (nSPS) is 17.8. The average Bonchev–Trinajstić information content (AvgIpc) is 3.25. The number of aromatic nitrogens is 1. The predicted molar refractivity (Wildman–Crippen MR) is 117 cm³/mol. The van der Waals surface area contributed by atoms with Crippen LogP contribution in [0.25, 0.3) is 11.1 Å². The van der Waals surface area contributed by atoms with Gasteiger partial charge in [-0.3, -0.25) is 9.69 Å². The Morgan fingerprint density at radius 2 is 1.68 bits per heavy atom. The van der Waals surface area contributed by atoms with Gasteiger partial charge in [-0.1, -0.05) is 53.7 Å². The number of aryl methyl sites for hydroxylation is 2. The lowest BCUT2D eigenvalue weighted by atomic mass is 9.81. The number of carbonyl (C=O) groups excluding carboxylic acids is 1. The molecule has 3 aromatic rings. The molecule has 11 heteroatoms. The van der Waals surface area contributed by atoms with Gasteiger partial charge < -0.3 is 15.4 Å². The molecule has 0 saturated heterocycles. The van der Waals surface area contributed by atoms with Crippen molar-refractivity contribution in [3.8, 4) is 11.1 Å². The van der Waals surface area contributed by atoms with Crippen molar-refractivity contribution in [2.75, 3.05) is 7.05 Å². The SMILES string of the molecule is Cc1noc(C)c1-c1cccc(C2(c3ccccc3)N=C(N)N(C)C2=O)c1.O=C(O)C(F)(F)F. The molecule has 1 unspecified atom stereocenters. The Morgan fingerprint density at radius 1 is 1.09 bits per heavy atom. The molecule has 0 radical (unpaired) electrons. The first-order valence-corrected chi connectivity index (χ1v) is 9.92. The van der Waals surface area contributed by atoms with Crippen molar-refractivity contribution in [3.05, 3.63) is 77.2 Å². The van der Waals surface area contributed by atoms with Gasteiger partial charge in [0.2, 0.25) is 0 Å². The molecule has 1 aliphatic rings. The Kier molecular flexibility index (Phi) is 6.49. The minimum absolute atomic E-state index is 0.179. The van der Waals surface area contributed by atoms with E-state index in [1.807, 2.05) is 68.4 Å². The molecule has 2 aromatic carbocycles. The number of carboxylic acid groups (broad SMARTS) is 1. The number of guanidine groups is 1. The molecule has 34 heavy (non-hydrogen) atoms. The third kappa shape index (κ3) is 4.36. The van der Waals surface area contributed by atoms with E-state index in [4.69, 9.17) is 20.2 Å². The minimum atomic E-state index is -5.08. The van der Waals surface area contributed by atoms with Gasteiger partial charge in [-0.05, 0) is 36.6 Å². The number of carboxylic acids is 1. The second kappa shape index (κ2) is 9.00. The molecule has 0 bridgehead atoms. The van der Waals surface area contributed by atoms with Crippen molar-refractivity contribution in [1.29, 1.82) is 0 Å². The third-order valence-electron chi connectivity index (χ3n) is 5.28. The number of carbonyl (C=O) groups is 2. The van der Waals surface area contributed by atoms with E-state index in [2.05, 4.69) is 10.1 Å². The van der Waals surface area contributed by atoms with Gasteiger partial charge in [-0.15, -0.1) is 0 Å². The highest BCUT2D eigenvalue weighted by Gasteiger charge is 2.49. The number of hydrogen-bond donors (Lipinski definition) is 2. The smallest absolute Gasteiger partial charge is 0.475 e. The highest BCUT2D eigenvalue weighted by Crippen LogP contribution is 2.41. The fourth-order valence-electron chi connectivity index (χ4n) is 3.66. The maximum absolute atomic E-state index is 13.3. The van der Waals surface area contributed by atoms with Gasteiger partial charge in [0, 0.05) is 12.6 Å². The number of alkyl halides is 3. The molecule has 2 heterocycles. The van der Waals surface area contributed by atoms with E-state index in [1.54, 1.807) is 7.05 Å². The topological polar surface area (TPSA) is 122 Å². The number of hydrogen-bond acceptors (Lipinski definition) is 6. The summed E-state index contributed by atoms with van der Waals surface area (Å²) in [6.45, 7) is 3.77. The first-order chi connectivity index (χ1) is 15.9. The number of nitrogens with two attached hydrogens (primary N) is 1. The van der Waals surface area contributed by atoms with E-state index in [-0.39, 0.29) is 11.9 Å². The molecule has 4 rings (SSSR count). The molecule has 8 nitrogen and oxygen atoms in total. The molecule has 1 atom stereocenters. The Hall–Kier alpha value is -4.15. The lowest BCUT2D eigenvalue weighted by molar-refractivity contribution is -0.192. The van der Waals surface area contributed by atoms with E-state index in [0.717, 1.165) is 33.7 Å². The van der Waals surface area contributed by atoms with E-state index in [1.165, 1.54) is 4.90 Å². The van der Waals surface area contributed by atoms with Crippen LogP contribution in [0.4, 0.5) is 13.2 Å². The van der Waals surface area contributed by atoms with Gasteiger partial charge in [-0.2, -0.15) is 13.2 Å². The molecule has 1 aliphatic heterocycles. The summed E-state index contributed by atoms with van der Waals surface area (Å²) in [5.41, 5.74) is 9.01. The van der Waals surface area contributed by atoms with Crippen LogP contribution in [0.3, 0.4) is 0 Å². The van der Waals surface area contributed by atoms with Gasteiger partial charge in [0.05, 0.1) is 5.69 Å². The Bertz CT molecular complexity index is 1240. The number of rotatable bonds is 3. The molecular weight excluding hydrogens is 453 g/mol. The Balaban J connectivity index is 0.000000406. The quantitative estimate of drug-likeness (QED) is 0.598. The fraction of sp³-hybridized carbons (Fsp3) is 0.217. The first-order valence-electron chi connectivity index (χ1n) is 9.92. The zero-order valence-electron chi connectivity index (χ0n) is 18.4. The van der Waals surface area contributed by atoms with Crippen LogP contribution in [0.15, 0.2) is 64.1 Å². The highest BCUT2D eigenvalue weighted by molar-refractivity contribution is 6.09. The minimum Gasteiger partial charge on any atom is -0.475 e. The summed E-state index contributed by atoms with van der Waals surface area (Å²) in [5.74, 6) is -2.00. The summed E-state index contributed by atoms with van der Waals surface area (Å²) in [6.07, 6.45) is -5.08. The Labute approximate surface area is 192 Å². The van der Waals surface area contributed by atoms with Crippen LogP contribution in [0.5, 0.6) is 0 Å². The van der Waals surface area contributed by atoms with Crippen molar-refractivity contribution in [3.63, 3.8) is 0 Å². The van der Waals surface area contributed by atoms with Gasteiger partial charge in [0.25, 0.3) is 5.91 Å². The van der Waals surface area contributed by atoms with Crippen molar-refractivity contribution in [1.82, 2.24) is 10.1 Å². The van der Waals surface area contributed by atoms with Crippen molar-refractivity contribution in [2.45, 2.75) is 25.6 Å². The van der Waals surface area contributed by atoms with E-state index < -0.39 is 17.7 Å². The van der Waals surface area contributed by atoms with Gasteiger partial charge >= 0.3 is 12.1 Å². The zero-order chi connectivity index (χ0) is 25.3. The first kappa shape index (κ1) is 24.5. The number of aliphatic carboxylic acids is 1. The fourth-order valence-corrected chi connectivity index (χ4v) is 3.66. The van der Waals surface area contributed by atoms with Crippen molar-refractivity contribution in [2.24, 2.45) is 10.7 Å². The van der Waals surface area contributed by atoms with Crippen LogP contribution >= 0.6 is 0 Å². The van der Waals surface area contributed by atoms with Crippen LogP contribution in [0.1, 0.15) is 22.6 Å². The van der Waals surface area contributed by atoms with Gasteiger partial charge in [-0.25, -0.2) is 9.79 Å². The van der Waals surface area contributed by atoms with E-state index in [9.17, 15) is 18.0 Å². The zero-order valence-corrected chi connectivity index (χ0v) is 18.4. The summed E-state index contributed by atoms with van der Waals surface area (Å²) in [7, 11) is 1.64.